The second-order valence-corrected chi connectivity index (χ2v) is 8.13. The van der Waals surface area contributed by atoms with Crippen LogP contribution in [-0.4, -0.2) is 75.0 Å². The van der Waals surface area contributed by atoms with Gasteiger partial charge in [0.25, 0.3) is 5.91 Å². The first-order chi connectivity index (χ1) is 14.1. The predicted octanol–water partition coefficient (Wildman–Crippen LogP) is 1.57. The first kappa shape index (κ1) is 21.9. The molecule has 0 unspecified atom stereocenters. The highest BCUT2D eigenvalue weighted by molar-refractivity contribution is 5.98. The van der Waals surface area contributed by atoms with Gasteiger partial charge in [-0.25, -0.2) is 0 Å². The fourth-order valence-electron chi connectivity index (χ4n) is 4.02. The molecule has 0 radical (unpaired) electrons. The van der Waals surface area contributed by atoms with E-state index in [4.69, 9.17) is 9.47 Å². The largest absolute Gasteiger partial charge is 0.490 e. The average Bonchev–Trinajstić information content (AvgIpc) is 2.95. The number of hydrogen-bond donors (Lipinski definition) is 3. The molecular formula is C22H35N3O4. The standard InChI is InChI=1S/C22H35N3O4/c1-16-12-18(21-20(13-16)28-10-5-11-29-21)22(27)24-14-17-6-9-25(15-19(17)26)8-4-3-7-23-2/h12-13,17,19,23,26H,3-11,14-15H2,1-2H3,(H,24,27)/t17-,19+/m0/s1. The van der Waals surface area contributed by atoms with E-state index in [0.717, 1.165) is 50.9 Å². The molecule has 0 aliphatic carbocycles. The summed E-state index contributed by atoms with van der Waals surface area (Å²) in [4.78, 5) is 15.2. The van der Waals surface area contributed by atoms with E-state index < -0.39 is 6.10 Å². The maximum atomic E-state index is 12.9. The normalized spacial score (nSPS) is 22.2. The van der Waals surface area contributed by atoms with E-state index >= 15 is 0 Å². The molecule has 3 N–H and O–H groups in total. The summed E-state index contributed by atoms with van der Waals surface area (Å²) >= 11 is 0. The molecule has 2 aliphatic heterocycles. The van der Waals surface area contributed by atoms with Gasteiger partial charge in [-0.15, -0.1) is 0 Å². The quantitative estimate of drug-likeness (QED) is 0.570. The van der Waals surface area contributed by atoms with Crippen LogP contribution in [0.5, 0.6) is 11.5 Å². The molecule has 0 saturated carbocycles. The van der Waals surface area contributed by atoms with Crippen molar-refractivity contribution >= 4 is 5.91 Å². The molecule has 0 aromatic heterocycles. The number of nitrogens with zero attached hydrogens (tertiary/aromatic N) is 1. The van der Waals surface area contributed by atoms with Crippen LogP contribution in [0.1, 0.15) is 41.6 Å². The van der Waals surface area contributed by atoms with E-state index in [1.165, 1.54) is 0 Å². The minimum atomic E-state index is -0.414. The fraction of sp³-hybridized carbons (Fsp3) is 0.682. The number of fused-ring (bicyclic) bond motifs is 1. The lowest BCUT2D eigenvalue weighted by Crippen LogP contribution is -2.47. The van der Waals surface area contributed by atoms with Gasteiger partial charge in [0.15, 0.2) is 11.5 Å². The number of carbonyl (C=O) groups excluding carboxylic acids is 1. The zero-order valence-electron chi connectivity index (χ0n) is 17.7. The fourth-order valence-corrected chi connectivity index (χ4v) is 4.02. The second-order valence-electron chi connectivity index (χ2n) is 8.13. The smallest absolute Gasteiger partial charge is 0.255 e. The Morgan fingerprint density at radius 3 is 2.90 bits per heavy atom. The minimum absolute atomic E-state index is 0.0769. The van der Waals surface area contributed by atoms with E-state index in [9.17, 15) is 9.90 Å². The number of unbranched alkanes of at least 4 members (excludes halogenated alkanes) is 1. The van der Waals surface area contributed by atoms with Crippen molar-refractivity contribution in [2.45, 2.75) is 38.7 Å². The molecule has 2 atom stereocenters. The molecule has 1 saturated heterocycles. The van der Waals surface area contributed by atoms with Crippen molar-refractivity contribution in [1.82, 2.24) is 15.5 Å². The number of ether oxygens (including phenoxy) is 2. The average molecular weight is 406 g/mol. The lowest BCUT2D eigenvalue weighted by molar-refractivity contribution is 0.0216. The Balaban J connectivity index is 1.52. The van der Waals surface area contributed by atoms with Gasteiger partial charge in [-0.05, 0) is 70.6 Å². The summed E-state index contributed by atoms with van der Waals surface area (Å²) < 4.78 is 11.5. The Bertz CT molecular complexity index is 682. The highest BCUT2D eigenvalue weighted by Crippen LogP contribution is 2.34. The molecule has 1 fully saturated rings. The maximum absolute atomic E-state index is 12.9. The van der Waals surface area contributed by atoms with Gasteiger partial charge in [-0.3, -0.25) is 4.79 Å². The Morgan fingerprint density at radius 1 is 1.28 bits per heavy atom. The minimum Gasteiger partial charge on any atom is -0.490 e. The molecule has 1 aromatic carbocycles. The number of likely N-dealkylation sites (tertiary alicyclic amines) is 1. The van der Waals surface area contributed by atoms with Gasteiger partial charge < -0.3 is 30.1 Å². The number of hydrogen-bond acceptors (Lipinski definition) is 6. The number of β-amino-alcohol motifs (C(OH)–C–C–N with tert-alkyl or cyclic N) is 1. The van der Waals surface area contributed by atoms with Gasteiger partial charge in [-0.1, -0.05) is 0 Å². The molecule has 3 rings (SSSR count). The van der Waals surface area contributed by atoms with Crippen LogP contribution >= 0.6 is 0 Å². The number of rotatable bonds is 8. The topological polar surface area (TPSA) is 83.1 Å². The SMILES string of the molecule is CNCCCCN1CC[C@@H](CNC(=O)c2cc(C)cc3c2OCCCO3)[C@H](O)C1. The Hall–Kier alpha value is -1.83. The number of aliphatic hydroxyl groups is 1. The third-order valence-corrected chi connectivity index (χ3v) is 5.72. The van der Waals surface area contributed by atoms with Gasteiger partial charge in [0.1, 0.15) is 0 Å². The Labute approximate surface area is 173 Å². The van der Waals surface area contributed by atoms with Crippen LogP contribution in [0.3, 0.4) is 0 Å². The molecule has 162 valence electrons. The summed E-state index contributed by atoms with van der Waals surface area (Å²) in [5.41, 5.74) is 1.48. The summed E-state index contributed by atoms with van der Waals surface area (Å²) in [6, 6.07) is 3.75. The van der Waals surface area contributed by atoms with E-state index in [1.54, 1.807) is 0 Å². The van der Waals surface area contributed by atoms with Crippen LogP contribution in [0.4, 0.5) is 0 Å². The zero-order valence-corrected chi connectivity index (χ0v) is 17.7. The third-order valence-electron chi connectivity index (χ3n) is 5.72. The maximum Gasteiger partial charge on any atom is 0.255 e. The van der Waals surface area contributed by atoms with Crippen molar-refractivity contribution in [1.29, 1.82) is 0 Å². The van der Waals surface area contributed by atoms with Crippen LogP contribution in [0.15, 0.2) is 12.1 Å². The van der Waals surface area contributed by atoms with Gasteiger partial charge in [-0.2, -0.15) is 0 Å². The first-order valence-electron chi connectivity index (χ1n) is 10.8. The van der Waals surface area contributed by atoms with Crippen molar-refractivity contribution in [2.24, 2.45) is 5.92 Å². The number of benzene rings is 1. The van der Waals surface area contributed by atoms with Crippen molar-refractivity contribution in [3.63, 3.8) is 0 Å². The summed E-state index contributed by atoms with van der Waals surface area (Å²) in [6.45, 7) is 7.25. The summed E-state index contributed by atoms with van der Waals surface area (Å²) in [5.74, 6) is 1.08. The van der Waals surface area contributed by atoms with Gasteiger partial charge in [0.2, 0.25) is 0 Å². The van der Waals surface area contributed by atoms with E-state index in [-0.39, 0.29) is 11.8 Å². The summed E-state index contributed by atoms with van der Waals surface area (Å²) in [7, 11) is 1.97. The molecule has 7 nitrogen and oxygen atoms in total. The lowest BCUT2D eigenvalue weighted by Gasteiger charge is -2.36. The zero-order chi connectivity index (χ0) is 20.6. The third kappa shape index (κ3) is 6.07. The summed E-state index contributed by atoms with van der Waals surface area (Å²) in [6.07, 6.45) is 3.56. The second kappa shape index (κ2) is 10.8. The first-order valence-corrected chi connectivity index (χ1v) is 10.8. The lowest BCUT2D eigenvalue weighted by atomic mass is 9.93. The highest BCUT2D eigenvalue weighted by Gasteiger charge is 2.28. The van der Waals surface area contributed by atoms with Crippen LogP contribution in [0, 0.1) is 12.8 Å². The van der Waals surface area contributed by atoms with Crippen LogP contribution in [-0.2, 0) is 0 Å². The monoisotopic (exact) mass is 405 g/mol. The number of amides is 1. The highest BCUT2D eigenvalue weighted by atomic mass is 16.5. The molecule has 1 aromatic rings. The number of aliphatic hydroxyl groups excluding tert-OH is 1. The molecule has 29 heavy (non-hydrogen) atoms. The van der Waals surface area contributed by atoms with E-state index in [2.05, 4.69) is 15.5 Å². The Morgan fingerprint density at radius 2 is 2.10 bits per heavy atom. The van der Waals surface area contributed by atoms with E-state index in [1.807, 2.05) is 26.1 Å². The number of nitrogens with one attached hydrogen (secondary N) is 2. The number of carbonyl (C=O) groups is 1. The van der Waals surface area contributed by atoms with Crippen molar-refractivity contribution in [3.05, 3.63) is 23.3 Å². The van der Waals surface area contributed by atoms with Crippen molar-refractivity contribution in [3.8, 4) is 11.5 Å². The van der Waals surface area contributed by atoms with Crippen LogP contribution < -0.4 is 20.1 Å². The molecule has 1 amide bonds. The van der Waals surface area contributed by atoms with Gasteiger partial charge >= 0.3 is 0 Å². The van der Waals surface area contributed by atoms with Crippen LogP contribution in [0.25, 0.3) is 0 Å². The van der Waals surface area contributed by atoms with Gasteiger partial charge in [0, 0.05) is 25.4 Å². The number of aryl methyl sites for hydroxylation is 1. The molecule has 2 heterocycles. The molecule has 0 spiro atoms. The molecule has 7 heteroatoms. The van der Waals surface area contributed by atoms with Crippen molar-refractivity contribution < 1.29 is 19.4 Å². The van der Waals surface area contributed by atoms with Crippen molar-refractivity contribution in [2.75, 3.05) is 53.0 Å². The molecule has 0 bridgehead atoms. The number of piperidine rings is 1. The van der Waals surface area contributed by atoms with Gasteiger partial charge in [0.05, 0.1) is 24.9 Å². The summed E-state index contributed by atoms with van der Waals surface area (Å²) in [5, 5.41) is 16.7. The van der Waals surface area contributed by atoms with E-state index in [0.29, 0.717) is 43.4 Å². The Kier molecular flexibility index (Phi) is 8.15. The van der Waals surface area contributed by atoms with Crippen LogP contribution in [0.2, 0.25) is 0 Å². The molecule has 2 aliphatic rings. The predicted molar refractivity (Wildman–Crippen MR) is 113 cm³/mol. The molecular weight excluding hydrogens is 370 g/mol.